The predicted octanol–water partition coefficient (Wildman–Crippen LogP) is 5.04. The van der Waals surface area contributed by atoms with Crippen LogP contribution in [0.15, 0.2) is 42.5 Å². The molecule has 2 aromatic rings. The summed E-state index contributed by atoms with van der Waals surface area (Å²) >= 11 is 0. The van der Waals surface area contributed by atoms with E-state index in [1.165, 1.54) is 17.7 Å². The largest absolute Gasteiger partial charge is 0.371 e. The first-order valence-electron chi connectivity index (χ1n) is 9.16. The third-order valence-electron chi connectivity index (χ3n) is 4.94. The molecule has 2 aromatic carbocycles. The summed E-state index contributed by atoms with van der Waals surface area (Å²) in [7, 11) is 0. The van der Waals surface area contributed by atoms with Crippen LogP contribution in [0.25, 0.3) is 0 Å². The van der Waals surface area contributed by atoms with Gasteiger partial charge in [-0.25, -0.2) is 0 Å². The van der Waals surface area contributed by atoms with E-state index in [4.69, 9.17) is 0 Å². The lowest BCUT2D eigenvalue weighted by Crippen LogP contribution is -2.39. The van der Waals surface area contributed by atoms with Crippen molar-refractivity contribution in [3.8, 4) is 0 Å². The van der Waals surface area contributed by atoms with Crippen molar-refractivity contribution in [2.45, 2.75) is 34.1 Å². The van der Waals surface area contributed by atoms with Crippen LogP contribution in [-0.2, 0) is 0 Å². The molecule has 1 aliphatic heterocycles. The molecule has 1 amide bonds. The van der Waals surface area contributed by atoms with E-state index in [-0.39, 0.29) is 5.91 Å². The van der Waals surface area contributed by atoms with Gasteiger partial charge in [0.15, 0.2) is 0 Å². The number of amides is 1. The third kappa shape index (κ3) is 4.22. The van der Waals surface area contributed by atoms with E-state index in [9.17, 15) is 4.79 Å². The molecule has 0 bridgehead atoms. The van der Waals surface area contributed by atoms with Gasteiger partial charge in [0, 0.05) is 30.0 Å². The summed E-state index contributed by atoms with van der Waals surface area (Å²) in [4.78, 5) is 14.9. The number of carbonyl (C=O) groups excluding carboxylic acids is 1. The second-order valence-electron chi connectivity index (χ2n) is 7.68. The quantitative estimate of drug-likeness (QED) is 0.852. The van der Waals surface area contributed by atoms with Crippen molar-refractivity contribution in [3.05, 3.63) is 59.2 Å². The summed E-state index contributed by atoms with van der Waals surface area (Å²) in [5, 5.41) is 3.02. The highest BCUT2D eigenvalue weighted by molar-refractivity contribution is 6.04. The van der Waals surface area contributed by atoms with Gasteiger partial charge in [-0.15, -0.1) is 0 Å². The molecule has 1 saturated heterocycles. The van der Waals surface area contributed by atoms with Crippen LogP contribution in [0.5, 0.6) is 0 Å². The van der Waals surface area contributed by atoms with Crippen LogP contribution in [0, 0.1) is 25.7 Å². The molecule has 1 aliphatic rings. The summed E-state index contributed by atoms with van der Waals surface area (Å²) in [5.41, 5.74) is 5.13. The zero-order chi connectivity index (χ0) is 18.0. The van der Waals surface area contributed by atoms with E-state index < -0.39 is 0 Å². The highest BCUT2D eigenvalue weighted by atomic mass is 16.1. The Morgan fingerprint density at radius 1 is 1.04 bits per heavy atom. The molecule has 2 atom stereocenters. The van der Waals surface area contributed by atoms with Crippen LogP contribution in [-0.4, -0.2) is 19.0 Å². The van der Waals surface area contributed by atoms with E-state index >= 15 is 0 Å². The Labute approximate surface area is 151 Å². The fourth-order valence-corrected chi connectivity index (χ4v) is 3.94. The zero-order valence-electron chi connectivity index (χ0n) is 15.7. The van der Waals surface area contributed by atoms with Crippen molar-refractivity contribution in [2.75, 3.05) is 23.3 Å². The summed E-state index contributed by atoms with van der Waals surface area (Å²) in [6, 6.07) is 13.9. The van der Waals surface area contributed by atoms with E-state index in [0.717, 1.165) is 36.2 Å². The highest BCUT2D eigenvalue weighted by Gasteiger charge is 2.23. The molecule has 0 aliphatic carbocycles. The molecule has 0 radical (unpaired) electrons. The first-order chi connectivity index (χ1) is 11.9. The minimum absolute atomic E-state index is 0.0592. The molecule has 25 heavy (non-hydrogen) atoms. The van der Waals surface area contributed by atoms with Gasteiger partial charge in [0.25, 0.3) is 5.91 Å². The number of aryl methyl sites for hydroxylation is 2. The normalized spacial score (nSPS) is 20.4. The van der Waals surface area contributed by atoms with E-state index in [0.29, 0.717) is 5.56 Å². The summed E-state index contributed by atoms with van der Waals surface area (Å²) in [6.45, 7) is 11.0. The molecule has 3 nitrogen and oxygen atoms in total. The van der Waals surface area contributed by atoms with E-state index in [2.05, 4.69) is 43.1 Å². The molecule has 132 valence electrons. The van der Waals surface area contributed by atoms with Crippen LogP contribution < -0.4 is 10.2 Å². The molecule has 0 saturated carbocycles. The molecule has 3 rings (SSSR count). The van der Waals surface area contributed by atoms with Gasteiger partial charge in [0.05, 0.1) is 0 Å². The molecule has 3 heteroatoms. The minimum Gasteiger partial charge on any atom is -0.371 e. The van der Waals surface area contributed by atoms with Gasteiger partial charge in [-0.3, -0.25) is 4.79 Å². The Balaban J connectivity index is 1.74. The Morgan fingerprint density at radius 2 is 1.76 bits per heavy atom. The van der Waals surface area contributed by atoms with Crippen molar-refractivity contribution in [1.29, 1.82) is 0 Å². The maximum Gasteiger partial charge on any atom is 0.255 e. The van der Waals surface area contributed by atoms with Crippen molar-refractivity contribution in [2.24, 2.45) is 11.8 Å². The molecule has 2 unspecified atom stereocenters. The number of piperidine rings is 1. The summed E-state index contributed by atoms with van der Waals surface area (Å²) < 4.78 is 0. The Kier molecular flexibility index (Phi) is 5.12. The molecule has 1 N–H and O–H groups in total. The average molecular weight is 336 g/mol. The van der Waals surface area contributed by atoms with E-state index in [1.54, 1.807) is 0 Å². The molecular formula is C22H28N2O. The van der Waals surface area contributed by atoms with Gasteiger partial charge in [-0.1, -0.05) is 31.5 Å². The maximum absolute atomic E-state index is 12.4. The maximum atomic E-state index is 12.4. The molecule has 1 heterocycles. The van der Waals surface area contributed by atoms with Gasteiger partial charge in [-0.05, 0) is 68.0 Å². The predicted molar refractivity (Wildman–Crippen MR) is 105 cm³/mol. The smallest absolute Gasteiger partial charge is 0.255 e. The Morgan fingerprint density at radius 3 is 2.40 bits per heavy atom. The number of nitrogens with one attached hydrogen (secondary N) is 1. The monoisotopic (exact) mass is 336 g/mol. The first-order valence-corrected chi connectivity index (χ1v) is 9.16. The van der Waals surface area contributed by atoms with Gasteiger partial charge < -0.3 is 10.2 Å². The van der Waals surface area contributed by atoms with Gasteiger partial charge >= 0.3 is 0 Å². The van der Waals surface area contributed by atoms with E-state index in [1.807, 2.05) is 37.3 Å². The standard InChI is InChI=1S/C22H28N2O/c1-15-6-5-7-19(11-15)22(25)23-20-8-9-21(18(4)12-20)24-13-16(2)10-17(3)14-24/h5-9,11-12,16-17H,10,13-14H2,1-4H3,(H,23,25). The summed E-state index contributed by atoms with van der Waals surface area (Å²) in [5.74, 6) is 1.39. The lowest BCUT2D eigenvalue weighted by atomic mass is 9.91. The highest BCUT2D eigenvalue weighted by Crippen LogP contribution is 2.30. The second-order valence-corrected chi connectivity index (χ2v) is 7.68. The number of hydrogen-bond acceptors (Lipinski definition) is 2. The number of carbonyl (C=O) groups is 1. The van der Waals surface area contributed by atoms with Crippen molar-refractivity contribution in [3.63, 3.8) is 0 Å². The number of nitrogens with zero attached hydrogens (tertiary/aromatic N) is 1. The van der Waals surface area contributed by atoms with Gasteiger partial charge in [-0.2, -0.15) is 0 Å². The van der Waals surface area contributed by atoms with Crippen LogP contribution in [0.4, 0.5) is 11.4 Å². The number of benzene rings is 2. The number of anilines is 2. The molecule has 0 spiro atoms. The van der Waals surface area contributed by atoms with Crippen molar-refractivity contribution < 1.29 is 4.79 Å². The lowest BCUT2D eigenvalue weighted by Gasteiger charge is -2.37. The second kappa shape index (κ2) is 7.30. The van der Waals surface area contributed by atoms with Crippen LogP contribution in [0.3, 0.4) is 0 Å². The summed E-state index contributed by atoms with van der Waals surface area (Å²) in [6.07, 6.45) is 1.31. The van der Waals surface area contributed by atoms with Crippen molar-refractivity contribution in [1.82, 2.24) is 0 Å². The number of rotatable bonds is 3. The fraction of sp³-hybridized carbons (Fsp3) is 0.409. The first kappa shape index (κ1) is 17.5. The SMILES string of the molecule is Cc1cccc(C(=O)Nc2ccc(N3CC(C)CC(C)C3)c(C)c2)c1. The van der Waals surface area contributed by atoms with Gasteiger partial charge in [0.2, 0.25) is 0 Å². The molecule has 0 aromatic heterocycles. The Bertz CT molecular complexity index is 758. The fourth-order valence-electron chi connectivity index (χ4n) is 3.94. The lowest BCUT2D eigenvalue weighted by molar-refractivity contribution is 0.102. The van der Waals surface area contributed by atoms with Crippen LogP contribution in [0.2, 0.25) is 0 Å². The molecule has 1 fully saturated rings. The van der Waals surface area contributed by atoms with Crippen LogP contribution in [0.1, 0.15) is 41.8 Å². The minimum atomic E-state index is -0.0592. The molecular weight excluding hydrogens is 308 g/mol. The topological polar surface area (TPSA) is 32.3 Å². The van der Waals surface area contributed by atoms with Crippen molar-refractivity contribution >= 4 is 17.3 Å². The zero-order valence-corrected chi connectivity index (χ0v) is 15.7. The van der Waals surface area contributed by atoms with Crippen LogP contribution >= 0.6 is 0 Å². The Hall–Kier alpha value is -2.29. The number of hydrogen-bond donors (Lipinski definition) is 1. The van der Waals surface area contributed by atoms with Gasteiger partial charge in [0.1, 0.15) is 0 Å². The average Bonchev–Trinajstić information content (AvgIpc) is 2.54. The third-order valence-corrected chi connectivity index (χ3v) is 4.94.